The van der Waals surface area contributed by atoms with E-state index in [0.717, 1.165) is 12.1 Å². The lowest BCUT2D eigenvalue weighted by Crippen LogP contribution is -2.38. The number of aliphatic carboxylic acids is 1. The van der Waals surface area contributed by atoms with E-state index in [2.05, 4.69) is 0 Å². The molecule has 2 atom stereocenters. The molecule has 1 aromatic carbocycles. The van der Waals surface area contributed by atoms with Crippen molar-refractivity contribution in [3.05, 3.63) is 29.8 Å². The topological polar surface area (TPSA) is 83.6 Å². The maximum atomic E-state index is 12.3. The first-order chi connectivity index (χ1) is 9.50. The molecule has 1 amide bonds. The van der Waals surface area contributed by atoms with Gasteiger partial charge in [-0.3, -0.25) is 9.59 Å². The van der Waals surface area contributed by atoms with Crippen LogP contribution >= 0.6 is 11.8 Å². The number of hydrogen-bond acceptors (Lipinski definition) is 4. The van der Waals surface area contributed by atoms with Crippen LogP contribution in [0.2, 0.25) is 0 Å². The molecule has 2 unspecified atom stereocenters. The van der Waals surface area contributed by atoms with Crippen molar-refractivity contribution in [1.29, 1.82) is 0 Å². The third-order valence-corrected chi connectivity index (χ3v) is 4.36. The molecule has 0 radical (unpaired) electrons. The number of carboxylic acids is 1. The van der Waals surface area contributed by atoms with Crippen LogP contribution in [0, 0.1) is 0 Å². The Balaban J connectivity index is 1.95. The highest BCUT2D eigenvalue weighted by molar-refractivity contribution is 8.00. The van der Waals surface area contributed by atoms with Crippen LogP contribution in [-0.2, 0) is 16.0 Å². The lowest BCUT2D eigenvalue weighted by Gasteiger charge is -2.22. The first-order valence-corrected chi connectivity index (χ1v) is 7.62. The van der Waals surface area contributed by atoms with Crippen molar-refractivity contribution < 1.29 is 14.7 Å². The molecule has 0 aromatic heterocycles. The maximum Gasteiger partial charge on any atom is 0.321 e. The zero-order chi connectivity index (χ0) is 14.7. The molecular weight excluding hydrogens is 276 g/mol. The van der Waals surface area contributed by atoms with Gasteiger partial charge in [-0.2, -0.15) is 0 Å². The molecule has 6 heteroatoms. The Hall–Kier alpha value is -1.53. The van der Waals surface area contributed by atoms with E-state index in [-0.39, 0.29) is 23.5 Å². The SMILES string of the molecule is CC1Cc2ccccc2N1C(=O)CSCC(N)C(=O)O. The average molecular weight is 294 g/mol. The quantitative estimate of drug-likeness (QED) is 0.850. The number of thioether (sulfide) groups is 1. The Morgan fingerprint density at radius 3 is 2.90 bits per heavy atom. The summed E-state index contributed by atoms with van der Waals surface area (Å²) in [7, 11) is 0. The number of hydrogen-bond donors (Lipinski definition) is 2. The number of fused-ring (bicyclic) bond motifs is 1. The minimum atomic E-state index is -1.04. The average Bonchev–Trinajstić information content (AvgIpc) is 2.74. The fourth-order valence-corrected chi connectivity index (χ4v) is 3.19. The summed E-state index contributed by atoms with van der Waals surface area (Å²) < 4.78 is 0. The predicted octanol–water partition coefficient (Wildman–Crippen LogP) is 1.11. The Kier molecular flexibility index (Phi) is 4.67. The van der Waals surface area contributed by atoms with Gasteiger partial charge in [0.1, 0.15) is 6.04 Å². The monoisotopic (exact) mass is 294 g/mol. The molecule has 0 saturated carbocycles. The number of benzene rings is 1. The van der Waals surface area contributed by atoms with E-state index in [9.17, 15) is 9.59 Å². The molecule has 1 aromatic rings. The second kappa shape index (κ2) is 6.28. The summed E-state index contributed by atoms with van der Waals surface area (Å²) in [5.41, 5.74) is 7.56. The van der Waals surface area contributed by atoms with E-state index in [0.29, 0.717) is 0 Å². The number of nitrogens with zero attached hydrogens (tertiary/aromatic N) is 1. The molecule has 0 aliphatic carbocycles. The number of rotatable bonds is 5. The third-order valence-electron chi connectivity index (χ3n) is 3.32. The van der Waals surface area contributed by atoms with Gasteiger partial charge in [-0.1, -0.05) is 18.2 Å². The summed E-state index contributed by atoms with van der Waals surface area (Å²) in [5.74, 6) is -0.542. The fourth-order valence-electron chi connectivity index (χ4n) is 2.36. The summed E-state index contributed by atoms with van der Waals surface area (Å²) in [6.45, 7) is 2.02. The number of carboxylic acid groups (broad SMARTS) is 1. The zero-order valence-corrected chi connectivity index (χ0v) is 12.1. The highest BCUT2D eigenvalue weighted by Gasteiger charge is 2.30. The lowest BCUT2D eigenvalue weighted by molar-refractivity contribution is -0.137. The summed E-state index contributed by atoms with van der Waals surface area (Å²) in [6, 6.07) is 7.10. The second-order valence-corrected chi connectivity index (χ2v) is 5.94. The normalized spacial score (nSPS) is 18.7. The summed E-state index contributed by atoms with van der Waals surface area (Å²) in [5, 5.41) is 8.70. The molecule has 2 rings (SSSR count). The minimum absolute atomic E-state index is 0.00467. The summed E-state index contributed by atoms with van der Waals surface area (Å²) >= 11 is 1.26. The molecule has 0 bridgehead atoms. The van der Waals surface area contributed by atoms with Gasteiger partial charge in [0.05, 0.1) is 5.75 Å². The number of nitrogens with two attached hydrogens (primary N) is 1. The highest BCUT2D eigenvalue weighted by atomic mass is 32.2. The van der Waals surface area contributed by atoms with Crippen molar-refractivity contribution in [2.45, 2.75) is 25.4 Å². The van der Waals surface area contributed by atoms with Crippen LogP contribution < -0.4 is 10.6 Å². The van der Waals surface area contributed by atoms with Gasteiger partial charge in [-0.15, -0.1) is 11.8 Å². The molecule has 0 spiro atoms. The van der Waals surface area contributed by atoms with Gasteiger partial charge in [0.25, 0.3) is 0 Å². The Morgan fingerprint density at radius 2 is 2.20 bits per heavy atom. The molecule has 20 heavy (non-hydrogen) atoms. The van der Waals surface area contributed by atoms with Crippen molar-refractivity contribution in [2.75, 3.05) is 16.4 Å². The number of carbonyl (C=O) groups excluding carboxylic acids is 1. The molecular formula is C14H18N2O3S. The van der Waals surface area contributed by atoms with Crippen molar-refractivity contribution in [3.8, 4) is 0 Å². The molecule has 1 heterocycles. The zero-order valence-electron chi connectivity index (χ0n) is 11.3. The molecule has 1 aliphatic rings. The van der Waals surface area contributed by atoms with Gasteiger partial charge >= 0.3 is 5.97 Å². The van der Waals surface area contributed by atoms with E-state index in [1.165, 1.54) is 17.3 Å². The number of carbonyl (C=O) groups is 2. The second-order valence-electron chi connectivity index (χ2n) is 4.91. The lowest BCUT2D eigenvalue weighted by atomic mass is 10.1. The first kappa shape index (κ1) is 14.9. The molecule has 5 nitrogen and oxygen atoms in total. The van der Waals surface area contributed by atoms with Crippen molar-refractivity contribution in [2.24, 2.45) is 5.73 Å². The van der Waals surface area contributed by atoms with E-state index >= 15 is 0 Å². The fraction of sp³-hybridized carbons (Fsp3) is 0.429. The number of amides is 1. The van der Waals surface area contributed by atoms with E-state index in [4.69, 9.17) is 10.8 Å². The number of anilines is 1. The Labute approximate surface area is 122 Å². The van der Waals surface area contributed by atoms with Gasteiger partial charge in [-0.05, 0) is 25.0 Å². The van der Waals surface area contributed by atoms with Crippen molar-refractivity contribution in [1.82, 2.24) is 0 Å². The molecule has 0 fully saturated rings. The van der Waals surface area contributed by atoms with Gasteiger partial charge in [0.2, 0.25) is 5.91 Å². The third kappa shape index (κ3) is 3.13. The minimum Gasteiger partial charge on any atom is -0.480 e. The first-order valence-electron chi connectivity index (χ1n) is 6.46. The van der Waals surface area contributed by atoms with Gasteiger partial charge in [-0.25, -0.2) is 0 Å². The van der Waals surface area contributed by atoms with E-state index < -0.39 is 12.0 Å². The van der Waals surface area contributed by atoms with Crippen LogP contribution in [0.1, 0.15) is 12.5 Å². The van der Waals surface area contributed by atoms with E-state index in [1.807, 2.05) is 31.2 Å². The summed E-state index contributed by atoms with van der Waals surface area (Å²) in [4.78, 5) is 24.7. The van der Waals surface area contributed by atoms with Crippen LogP contribution in [0.3, 0.4) is 0 Å². The largest absolute Gasteiger partial charge is 0.480 e. The van der Waals surface area contributed by atoms with Crippen molar-refractivity contribution in [3.63, 3.8) is 0 Å². The van der Waals surface area contributed by atoms with Crippen LogP contribution in [-0.4, -0.2) is 40.6 Å². The molecule has 1 aliphatic heterocycles. The standard InChI is InChI=1S/C14H18N2O3S/c1-9-6-10-4-2-3-5-12(10)16(9)13(17)8-20-7-11(15)14(18)19/h2-5,9,11H,6-8,15H2,1H3,(H,18,19). The summed E-state index contributed by atoms with van der Waals surface area (Å²) in [6.07, 6.45) is 0.862. The smallest absolute Gasteiger partial charge is 0.321 e. The molecule has 3 N–H and O–H groups in total. The van der Waals surface area contributed by atoms with Crippen LogP contribution in [0.4, 0.5) is 5.69 Å². The predicted molar refractivity (Wildman–Crippen MR) is 80.0 cm³/mol. The van der Waals surface area contributed by atoms with Gasteiger partial charge in [0.15, 0.2) is 0 Å². The maximum absolute atomic E-state index is 12.3. The Morgan fingerprint density at radius 1 is 1.50 bits per heavy atom. The number of para-hydroxylation sites is 1. The highest BCUT2D eigenvalue weighted by Crippen LogP contribution is 2.32. The van der Waals surface area contributed by atoms with Crippen LogP contribution in [0.15, 0.2) is 24.3 Å². The molecule has 108 valence electrons. The van der Waals surface area contributed by atoms with Crippen LogP contribution in [0.25, 0.3) is 0 Å². The Bertz CT molecular complexity index is 521. The van der Waals surface area contributed by atoms with Gasteiger partial charge < -0.3 is 15.7 Å². The molecule has 0 saturated heterocycles. The van der Waals surface area contributed by atoms with E-state index in [1.54, 1.807) is 4.90 Å². The van der Waals surface area contributed by atoms with Gasteiger partial charge in [0, 0.05) is 17.5 Å². The van der Waals surface area contributed by atoms with Crippen molar-refractivity contribution >= 4 is 29.3 Å². The van der Waals surface area contributed by atoms with Crippen LogP contribution in [0.5, 0.6) is 0 Å².